The average molecular weight is 591 g/mol. The molecule has 0 fully saturated rings. The summed E-state index contributed by atoms with van der Waals surface area (Å²) >= 11 is 12.3. The van der Waals surface area contributed by atoms with Crippen LogP contribution < -0.4 is 30.3 Å². The number of aliphatic hydroxyl groups excluding tert-OH is 1. The van der Waals surface area contributed by atoms with E-state index in [2.05, 4.69) is 27.1 Å². The van der Waals surface area contributed by atoms with Crippen LogP contribution >= 0.6 is 23.2 Å². The van der Waals surface area contributed by atoms with Crippen molar-refractivity contribution in [2.75, 3.05) is 26.9 Å². The van der Waals surface area contributed by atoms with E-state index in [4.69, 9.17) is 48.6 Å². The molecule has 2 aromatic carbocycles. The molecule has 2 aromatic rings. The van der Waals surface area contributed by atoms with Gasteiger partial charge >= 0.3 is 12.0 Å². The topological polar surface area (TPSA) is 140 Å². The van der Waals surface area contributed by atoms with Crippen LogP contribution in [-0.4, -0.2) is 56.5 Å². The van der Waals surface area contributed by atoms with Crippen molar-refractivity contribution in [1.82, 2.24) is 16.1 Å². The number of carbonyl (C=O) groups is 2. The molecule has 1 aliphatic heterocycles. The summed E-state index contributed by atoms with van der Waals surface area (Å²) in [6, 6.07) is 6.78. The van der Waals surface area contributed by atoms with Crippen LogP contribution in [0.3, 0.4) is 0 Å². The molecule has 0 radical (unpaired) electrons. The monoisotopic (exact) mass is 590 g/mol. The largest absolute Gasteiger partial charge is 0.490 e. The van der Waals surface area contributed by atoms with Gasteiger partial charge in [0.15, 0.2) is 17.7 Å². The second-order valence-electron chi connectivity index (χ2n) is 8.21. The molecule has 0 spiro atoms. The first kappa shape index (κ1) is 30.4. The van der Waals surface area contributed by atoms with E-state index in [1.165, 1.54) is 19.4 Å². The number of urea groups is 1. The molecule has 2 amide bonds. The lowest BCUT2D eigenvalue weighted by molar-refractivity contribution is -0.136. The summed E-state index contributed by atoms with van der Waals surface area (Å²) < 4.78 is 21.8. The lowest BCUT2D eigenvalue weighted by Crippen LogP contribution is -2.45. The number of hydrogen-bond acceptors (Lipinski definition) is 9. The number of methoxy groups -OCH3 is 1. The molecule has 0 aliphatic carbocycles. The van der Waals surface area contributed by atoms with Gasteiger partial charge < -0.3 is 34.7 Å². The number of ether oxygens (including phenoxy) is 4. The predicted octanol–water partition coefficient (Wildman–Crippen LogP) is 3.53. The third kappa shape index (κ3) is 7.72. The van der Waals surface area contributed by atoms with Crippen molar-refractivity contribution >= 4 is 41.4 Å². The summed E-state index contributed by atoms with van der Waals surface area (Å²) in [6.45, 7) is 3.51. The van der Waals surface area contributed by atoms with E-state index in [0.717, 1.165) is 0 Å². The Hall–Kier alpha value is -4.11. The van der Waals surface area contributed by atoms with E-state index in [1.54, 1.807) is 38.1 Å². The maximum atomic E-state index is 12.4. The molecule has 0 bridgehead atoms. The van der Waals surface area contributed by atoms with Crippen molar-refractivity contribution in [3.8, 4) is 29.6 Å². The molecule has 3 rings (SSSR count). The second kappa shape index (κ2) is 14.3. The number of nitrogens with one attached hydrogen (secondary N) is 3. The van der Waals surface area contributed by atoms with Crippen LogP contribution in [0.1, 0.15) is 31.0 Å². The van der Waals surface area contributed by atoms with Gasteiger partial charge in [0, 0.05) is 16.3 Å². The maximum Gasteiger partial charge on any atom is 0.337 e. The Balaban J connectivity index is 1.72. The number of aliphatic hydroxyl groups is 1. The first-order chi connectivity index (χ1) is 19.2. The minimum Gasteiger partial charge on any atom is -0.490 e. The van der Waals surface area contributed by atoms with Crippen molar-refractivity contribution in [2.45, 2.75) is 26.1 Å². The number of nitrogens with zero attached hydrogens (tertiary/aromatic N) is 1. The smallest absolute Gasteiger partial charge is 0.337 e. The molecule has 0 saturated heterocycles. The molecular weight excluding hydrogens is 563 g/mol. The van der Waals surface area contributed by atoms with Gasteiger partial charge in [0.2, 0.25) is 0 Å². The molecule has 1 heterocycles. The first-order valence-corrected chi connectivity index (χ1v) is 12.7. The summed E-state index contributed by atoms with van der Waals surface area (Å²) in [6.07, 6.45) is 5.41. The fraction of sp³-hybridized carbons (Fsp3) is 0.296. The second-order valence-corrected chi connectivity index (χ2v) is 9.06. The number of benzene rings is 2. The zero-order valence-corrected chi connectivity index (χ0v) is 23.4. The van der Waals surface area contributed by atoms with E-state index in [0.29, 0.717) is 45.7 Å². The molecule has 11 nitrogen and oxygen atoms in total. The summed E-state index contributed by atoms with van der Waals surface area (Å²) in [5.74, 6) is 2.73. The molecule has 2 atom stereocenters. The van der Waals surface area contributed by atoms with Gasteiger partial charge in [-0.05, 0) is 43.7 Å². The highest BCUT2D eigenvalue weighted by Gasteiger charge is 2.32. The predicted molar refractivity (Wildman–Crippen MR) is 150 cm³/mol. The molecule has 0 aromatic heterocycles. The van der Waals surface area contributed by atoms with Gasteiger partial charge in [-0.2, -0.15) is 5.10 Å². The Morgan fingerprint density at radius 3 is 2.73 bits per heavy atom. The minimum atomic E-state index is -1.21. The van der Waals surface area contributed by atoms with Crippen LogP contribution in [0.15, 0.2) is 46.7 Å². The number of hydrazone groups is 1. The number of allylic oxidation sites excluding steroid dienone is 1. The number of esters is 1. The van der Waals surface area contributed by atoms with Crippen molar-refractivity contribution < 1.29 is 33.6 Å². The van der Waals surface area contributed by atoms with Gasteiger partial charge in [-0.3, -0.25) is 5.43 Å². The zero-order valence-electron chi connectivity index (χ0n) is 21.9. The highest BCUT2D eigenvalue weighted by molar-refractivity contribution is 6.36. The summed E-state index contributed by atoms with van der Waals surface area (Å²) in [5, 5.41) is 20.3. The van der Waals surface area contributed by atoms with Gasteiger partial charge in [-0.1, -0.05) is 35.2 Å². The van der Waals surface area contributed by atoms with E-state index < -0.39 is 24.3 Å². The average Bonchev–Trinajstić information content (AvgIpc) is 2.91. The quantitative estimate of drug-likeness (QED) is 0.0967. The lowest BCUT2D eigenvalue weighted by Gasteiger charge is -2.28. The van der Waals surface area contributed by atoms with E-state index >= 15 is 0 Å². The Bertz CT molecular complexity index is 1360. The maximum absolute atomic E-state index is 12.4. The van der Waals surface area contributed by atoms with Crippen molar-refractivity contribution in [3.63, 3.8) is 0 Å². The molecular formula is C27H28Cl2N4O7. The minimum absolute atomic E-state index is 0.00303. The molecule has 40 heavy (non-hydrogen) atoms. The Kier molecular flexibility index (Phi) is 10.9. The van der Waals surface area contributed by atoms with Crippen LogP contribution in [0, 0.1) is 12.3 Å². The molecule has 212 valence electrons. The molecule has 0 unspecified atom stereocenters. The van der Waals surface area contributed by atoms with Gasteiger partial charge in [-0.15, -0.1) is 6.42 Å². The number of rotatable bonds is 12. The number of amides is 2. The van der Waals surface area contributed by atoms with Crippen LogP contribution in [0.5, 0.6) is 17.2 Å². The van der Waals surface area contributed by atoms with Crippen molar-refractivity contribution in [3.05, 3.63) is 62.8 Å². The highest BCUT2D eigenvalue weighted by Crippen LogP contribution is 2.35. The van der Waals surface area contributed by atoms with Crippen molar-refractivity contribution in [1.29, 1.82) is 0 Å². The van der Waals surface area contributed by atoms with Gasteiger partial charge in [0.25, 0.3) is 0 Å². The standard InChI is InChI=1S/C27H28Cl2N4O7/c1-5-9-39-25-17(10-18(28)12-19(25)29)13-30-33-22(34)14-40-20-8-7-16(11-21(20)38-6-2)24-23(26(35)37-4)15(3)31-27(36)32-24/h1,7-8,10-13,22,24,33-34H,6,9,14H2,2-4H3,(H2,31,32,36)/b30-13+/t22-,24-/m0/s1. The molecule has 0 saturated carbocycles. The number of hydrogen-bond donors (Lipinski definition) is 4. The Morgan fingerprint density at radius 1 is 1.25 bits per heavy atom. The van der Waals surface area contributed by atoms with Crippen molar-refractivity contribution in [2.24, 2.45) is 5.10 Å². The third-order valence-corrected chi connectivity index (χ3v) is 5.94. The van der Waals surface area contributed by atoms with E-state index in [1.807, 2.05) is 0 Å². The van der Waals surface area contributed by atoms with Gasteiger partial charge in [-0.25, -0.2) is 9.59 Å². The fourth-order valence-electron chi connectivity index (χ4n) is 3.76. The summed E-state index contributed by atoms with van der Waals surface area (Å²) in [5.41, 5.74) is 4.18. The molecule has 13 heteroatoms. The first-order valence-electron chi connectivity index (χ1n) is 12.0. The van der Waals surface area contributed by atoms with Gasteiger partial charge in [0.1, 0.15) is 19.0 Å². The lowest BCUT2D eigenvalue weighted by atomic mass is 9.95. The van der Waals surface area contributed by atoms with E-state index in [9.17, 15) is 14.7 Å². The molecule has 4 N–H and O–H groups in total. The Morgan fingerprint density at radius 2 is 2.02 bits per heavy atom. The van der Waals surface area contributed by atoms with Crippen LogP contribution in [0.4, 0.5) is 4.79 Å². The zero-order chi connectivity index (χ0) is 29.2. The number of terminal acetylenes is 1. The normalized spacial score (nSPS) is 15.5. The Labute approximate surface area is 241 Å². The van der Waals surface area contributed by atoms with Crippen LogP contribution in [0.25, 0.3) is 0 Å². The number of halogens is 2. The fourth-order valence-corrected chi connectivity index (χ4v) is 4.32. The van der Waals surface area contributed by atoms with E-state index in [-0.39, 0.29) is 23.8 Å². The third-order valence-electron chi connectivity index (χ3n) is 5.44. The highest BCUT2D eigenvalue weighted by atomic mass is 35.5. The summed E-state index contributed by atoms with van der Waals surface area (Å²) in [4.78, 5) is 24.5. The van der Waals surface area contributed by atoms with Gasteiger partial charge in [0.05, 0.1) is 36.6 Å². The van der Waals surface area contributed by atoms with Crippen LogP contribution in [-0.2, 0) is 9.53 Å². The SMILES string of the molecule is C#CCOc1c(Cl)cc(Cl)cc1/C=N/N[C@@H](O)COc1ccc([C@@H]2NC(=O)NC(C)=C2C(=O)OC)cc1OCC. The summed E-state index contributed by atoms with van der Waals surface area (Å²) in [7, 11) is 1.26. The number of carbonyl (C=O) groups excluding carboxylic acids is 2. The van der Waals surface area contributed by atoms with Crippen LogP contribution in [0.2, 0.25) is 10.0 Å². The molecule has 1 aliphatic rings.